The monoisotopic (exact) mass is 329 g/mol. The molecule has 0 saturated carbocycles. The Morgan fingerprint density at radius 2 is 2.04 bits per heavy atom. The summed E-state index contributed by atoms with van der Waals surface area (Å²) >= 11 is 0. The molecular formula is C19H27N3O2. The van der Waals surface area contributed by atoms with E-state index in [0.29, 0.717) is 12.2 Å². The fourth-order valence-corrected chi connectivity index (χ4v) is 3.79. The summed E-state index contributed by atoms with van der Waals surface area (Å²) in [6.07, 6.45) is 2.60. The van der Waals surface area contributed by atoms with Gasteiger partial charge in [0.05, 0.1) is 6.42 Å². The molecule has 0 bridgehead atoms. The molecule has 0 radical (unpaired) electrons. The summed E-state index contributed by atoms with van der Waals surface area (Å²) in [6.45, 7) is 8.79. The number of fused-ring (bicyclic) bond motifs is 1. The maximum Gasteiger partial charge on any atom is 0.226 e. The number of hydrogen-bond donors (Lipinski definition) is 1. The average molecular weight is 329 g/mol. The van der Waals surface area contributed by atoms with Gasteiger partial charge in [0.15, 0.2) is 5.58 Å². The predicted molar refractivity (Wildman–Crippen MR) is 94.7 cm³/mol. The molecule has 2 heterocycles. The first-order valence-corrected chi connectivity index (χ1v) is 8.94. The Hall–Kier alpha value is -1.88. The van der Waals surface area contributed by atoms with E-state index in [9.17, 15) is 4.79 Å². The highest BCUT2D eigenvalue weighted by molar-refractivity contribution is 5.86. The van der Waals surface area contributed by atoms with Gasteiger partial charge in [0.1, 0.15) is 5.69 Å². The van der Waals surface area contributed by atoms with Crippen molar-refractivity contribution >= 4 is 16.9 Å². The molecule has 2 atom stereocenters. The lowest BCUT2D eigenvalue weighted by Crippen LogP contribution is -2.40. The van der Waals surface area contributed by atoms with E-state index in [1.165, 1.54) is 19.5 Å². The highest BCUT2D eigenvalue weighted by atomic mass is 16.5. The zero-order valence-corrected chi connectivity index (χ0v) is 14.6. The third kappa shape index (κ3) is 4.35. The van der Waals surface area contributed by atoms with Gasteiger partial charge in [-0.2, -0.15) is 0 Å². The average Bonchev–Trinajstić information content (AvgIpc) is 2.94. The van der Waals surface area contributed by atoms with Crippen LogP contribution in [0.4, 0.5) is 0 Å². The summed E-state index contributed by atoms with van der Waals surface area (Å²) in [5, 5.41) is 7.93. The summed E-state index contributed by atoms with van der Waals surface area (Å²) in [6, 6.07) is 7.64. The van der Waals surface area contributed by atoms with Crippen LogP contribution in [0.15, 0.2) is 28.8 Å². The van der Waals surface area contributed by atoms with E-state index in [-0.39, 0.29) is 12.3 Å². The number of rotatable bonds is 6. The molecular weight excluding hydrogens is 302 g/mol. The molecule has 1 aromatic heterocycles. The zero-order chi connectivity index (χ0) is 16.9. The van der Waals surface area contributed by atoms with Gasteiger partial charge in [0.25, 0.3) is 0 Å². The summed E-state index contributed by atoms with van der Waals surface area (Å²) in [4.78, 5) is 14.6. The number of para-hydroxylation sites is 1. The van der Waals surface area contributed by atoms with E-state index in [4.69, 9.17) is 4.52 Å². The molecule has 5 heteroatoms. The lowest BCUT2D eigenvalue weighted by atomic mass is 9.92. The quantitative estimate of drug-likeness (QED) is 0.828. The molecule has 1 aliphatic rings. The number of benzene rings is 1. The van der Waals surface area contributed by atoms with E-state index in [1.54, 1.807) is 0 Å². The van der Waals surface area contributed by atoms with Crippen LogP contribution in [-0.4, -0.2) is 42.1 Å². The van der Waals surface area contributed by atoms with Crippen molar-refractivity contribution in [3.05, 3.63) is 30.0 Å². The molecule has 0 aliphatic carbocycles. The molecule has 3 rings (SSSR count). The lowest BCUT2D eigenvalue weighted by molar-refractivity contribution is -0.120. The Morgan fingerprint density at radius 3 is 2.83 bits per heavy atom. The molecule has 1 aromatic carbocycles. The van der Waals surface area contributed by atoms with E-state index in [2.05, 4.69) is 29.2 Å². The van der Waals surface area contributed by atoms with Gasteiger partial charge in [-0.1, -0.05) is 31.1 Å². The van der Waals surface area contributed by atoms with Gasteiger partial charge >= 0.3 is 0 Å². The van der Waals surface area contributed by atoms with Crippen molar-refractivity contribution in [1.29, 1.82) is 0 Å². The van der Waals surface area contributed by atoms with Gasteiger partial charge in [-0.15, -0.1) is 0 Å². The Bertz CT molecular complexity index is 672. The Balaban J connectivity index is 1.40. The first-order valence-electron chi connectivity index (χ1n) is 8.94. The fourth-order valence-electron chi connectivity index (χ4n) is 3.79. The fraction of sp³-hybridized carbons (Fsp3) is 0.579. The summed E-state index contributed by atoms with van der Waals surface area (Å²) in [7, 11) is 0. The van der Waals surface area contributed by atoms with Crippen molar-refractivity contribution in [2.75, 3.05) is 26.2 Å². The van der Waals surface area contributed by atoms with Crippen LogP contribution in [0.2, 0.25) is 0 Å². The van der Waals surface area contributed by atoms with Gasteiger partial charge in [-0.05, 0) is 43.4 Å². The molecule has 1 fully saturated rings. The van der Waals surface area contributed by atoms with Gasteiger partial charge < -0.3 is 14.7 Å². The van der Waals surface area contributed by atoms with Crippen molar-refractivity contribution in [3.8, 4) is 0 Å². The first kappa shape index (κ1) is 17.0. The lowest BCUT2D eigenvalue weighted by Gasteiger charge is -2.34. The van der Waals surface area contributed by atoms with E-state index in [0.717, 1.165) is 35.8 Å². The molecule has 1 saturated heterocycles. The van der Waals surface area contributed by atoms with Crippen LogP contribution in [0.25, 0.3) is 11.0 Å². The molecule has 2 aromatic rings. The largest absolute Gasteiger partial charge is 0.356 e. The minimum atomic E-state index is 0.00873. The number of amides is 1. The number of aromatic nitrogens is 1. The number of piperidine rings is 1. The third-order valence-corrected chi connectivity index (χ3v) is 4.70. The van der Waals surface area contributed by atoms with E-state index >= 15 is 0 Å². The smallest absolute Gasteiger partial charge is 0.226 e. The van der Waals surface area contributed by atoms with Crippen molar-refractivity contribution < 1.29 is 9.32 Å². The Labute approximate surface area is 143 Å². The minimum Gasteiger partial charge on any atom is -0.356 e. The van der Waals surface area contributed by atoms with Crippen LogP contribution < -0.4 is 5.32 Å². The summed E-state index contributed by atoms with van der Waals surface area (Å²) < 4.78 is 5.24. The molecule has 0 unspecified atom stereocenters. The molecule has 1 N–H and O–H groups in total. The van der Waals surface area contributed by atoms with Crippen LogP contribution in [0.1, 0.15) is 32.4 Å². The summed E-state index contributed by atoms with van der Waals surface area (Å²) in [5.41, 5.74) is 1.44. The highest BCUT2D eigenvalue weighted by Gasteiger charge is 2.21. The van der Waals surface area contributed by atoms with Crippen molar-refractivity contribution in [2.24, 2.45) is 11.8 Å². The third-order valence-electron chi connectivity index (χ3n) is 4.70. The first-order chi connectivity index (χ1) is 11.6. The second kappa shape index (κ2) is 7.79. The van der Waals surface area contributed by atoms with Crippen LogP contribution in [0.5, 0.6) is 0 Å². The number of hydrogen-bond acceptors (Lipinski definition) is 4. The number of nitrogens with zero attached hydrogens (tertiary/aromatic N) is 2. The van der Waals surface area contributed by atoms with E-state index < -0.39 is 0 Å². The maximum atomic E-state index is 12.1. The molecule has 1 aliphatic heterocycles. The predicted octanol–water partition coefficient (Wildman–Crippen LogP) is 2.85. The number of carbonyl (C=O) groups is 1. The number of nitrogens with one attached hydrogen (secondary N) is 1. The standard InChI is InChI=1S/C19H27N3O2/c1-14-10-15(2)13-22(12-14)9-5-8-20-19(23)11-17-16-6-3-4-7-18(16)24-21-17/h3-4,6-7,14-15H,5,8-13H2,1-2H3,(H,20,23)/t14-,15-/m1/s1. The van der Waals surface area contributed by atoms with Crippen molar-refractivity contribution in [3.63, 3.8) is 0 Å². The summed E-state index contributed by atoms with van der Waals surface area (Å²) in [5.74, 6) is 1.57. The normalized spacial score (nSPS) is 21.9. The van der Waals surface area contributed by atoms with Crippen LogP contribution in [0.3, 0.4) is 0 Å². The second-order valence-electron chi connectivity index (χ2n) is 7.21. The van der Waals surface area contributed by atoms with Crippen molar-refractivity contribution in [1.82, 2.24) is 15.4 Å². The van der Waals surface area contributed by atoms with Gasteiger partial charge in [-0.25, -0.2) is 0 Å². The topological polar surface area (TPSA) is 58.4 Å². The van der Waals surface area contributed by atoms with Gasteiger partial charge in [-0.3, -0.25) is 4.79 Å². The molecule has 24 heavy (non-hydrogen) atoms. The SMILES string of the molecule is C[C@@H]1C[C@@H](C)CN(CCCNC(=O)Cc2noc3ccccc23)C1. The Kier molecular flexibility index (Phi) is 5.51. The molecule has 130 valence electrons. The highest BCUT2D eigenvalue weighted by Crippen LogP contribution is 2.21. The Morgan fingerprint density at radius 1 is 1.29 bits per heavy atom. The maximum absolute atomic E-state index is 12.1. The van der Waals surface area contributed by atoms with Gasteiger partial charge in [0, 0.05) is 25.0 Å². The van der Waals surface area contributed by atoms with Crippen LogP contribution >= 0.6 is 0 Å². The molecule has 1 amide bonds. The van der Waals surface area contributed by atoms with Crippen molar-refractivity contribution in [2.45, 2.75) is 33.1 Å². The number of carbonyl (C=O) groups excluding carboxylic acids is 1. The molecule has 0 spiro atoms. The zero-order valence-electron chi connectivity index (χ0n) is 14.6. The number of likely N-dealkylation sites (tertiary alicyclic amines) is 1. The van der Waals surface area contributed by atoms with Crippen LogP contribution in [-0.2, 0) is 11.2 Å². The van der Waals surface area contributed by atoms with Gasteiger partial charge in [0.2, 0.25) is 5.91 Å². The minimum absolute atomic E-state index is 0.00873. The molecule has 5 nitrogen and oxygen atoms in total. The van der Waals surface area contributed by atoms with Crippen LogP contribution in [0, 0.1) is 11.8 Å². The second-order valence-corrected chi connectivity index (χ2v) is 7.21. The van der Waals surface area contributed by atoms with E-state index in [1.807, 2.05) is 24.3 Å².